The van der Waals surface area contributed by atoms with Crippen LogP contribution in [0.3, 0.4) is 0 Å². The normalized spacial score (nSPS) is 10.5. The third kappa shape index (κ3) is 5.00. The molecule has 0 aliphatic rings. The Morgan fingerprint density at radius 1 is 1.22 bits per heavy atom. The van der Waals surface area contributed by atoms with E-state index in [1.807, 2.05) is 36.4 Å². The van der Waals surface area contributed by atoms with Crippen molar-refractivity contribution in [2.45, 2.75) is 6.61 Å². The van der Waals surface area contributed by atoms with Crippen molar-refractivity contribution in [3.8, 4) is 11.5 Å². The van der Waals surface area contributed by atoms with Gasteiger partial charge in [-0.1, -0.05) is 30.3 Å². The summed E-state index contributed by atoms with van der Waals surface area (Å²) < 4.78 is 12.0. The van der Waals surface area contributed by atoms with Crippen LogP contribution in [-0.4, -0.2) is 19.3 Å². The minimum atomic E-state index is -0.102. The van der Waals surface area contributed by atoms with Crippen molar-refractivity contribution in [3.05, 3.63) is 58.1 Å². The zero-order chi connectivity index (χ0) is 16.7. The molecule has 23 heavy (non-hydrogen) atoms. The molecule has 0 aromatic heterocycles. The minimum Gasteiger partial charge on any atom is -0.493 e. The third-order valence-electron chi connectivity index (χ3n) is 2.86. The maximum absolute atomic E-state index is 5.86. The van der Waals surface area contributed by atoms with Crippen LogP contribution < -0.4 is 20.9 Å². The lowest BCUT2D eigenvalue weighted by atomic mass is 10.2. The van der Waals surface area contributed by atoms with Crippen LogP contribution in [-0.2, 0) is 6.61 Å². The number of benzene rings is 2. The molecule has 4 N–H and O–H groups in total. The van der Waals surface area contributed by atoms with Gasteiger partial charge in [-0.3, -0.25) is 0 Å². The quantitative estimate of drug-likeness (QED) is 0.460. The summed E-state index contributed by atoms with van der Waals surface area (Å²) in [5.74, 6) is 1.10. The predicted molar refractivity (Wildman–Crippen MR) is 94.9 cm³/mol. The number of guanidine groups is 1. The third-order valence-corrected chi connectivity index (χ3v) is 3.45. The average Bonchev–Trinajstić information content (AvgIpc) is 2.54. The van der Waals surface area contributed by atoms with E-state index in [2.05, 4.69) is 26.1 Å². The fraction of sp³-hybridized carbons (Fsp3) is 0.125. The first-order valence-electron chi connectivity index (χ1n) is 6.76. The second kappa shape index (κ2) is 8.19. The second-order valence-electron chi connectivity index (χ2n) is 4.58. The second-order valence-corrected chi connectivity index (χ2v) is 5.43. The number of methoxy groups -OCH3 is 1. The van der Waals surface area contributed by atoms with Crippen LogP contribution >= 0.6 is 15.9 Å². The molecule has 0 unspecified atom stereocenters. The van der Waals surface area contributed by atoms with E-state index in [1.54, 1.807) is 13.2 Å². The minimum absolute atomic E-state index is 0.102. The summed E-state index contributed by atoms with van der Waals surface area (Å²) in [7, 11) is 1.58. The number of hydrogen-bond acceptors (Lipinski definition) is 4. The summed E-state index contributed by atoms with van der Waals surface area (Å²) >= 11 is 3.48. The Kier molecular flexibility index (Phi) is 5.99. The largest absolute Gasteiger partial charge is 0.493 e. The molecule has 0 spiro atoms. The Labute approximate surface area is 142 Å². The van der Waals surface area contributed by atoms with Gasteiger partial charge < -0.3 is 20.9 Å². The predicted octanol–water partition coefficient (Wildman–Crippen LogP) is 2.64. The van der Waals surface area contributed by atoms with Crippen molar-refractivity contribution in [2.75, 3.05) is 7.11 Å². The first-order valence-corrected chi connectivity index (χ1v) is 7.55. The van der Waals surface area contributed by atoms with E-state index >= 15 is 0 Å². The summed E-state index contributed by atoms with van der Waals surface area (Å²) in [4.78, 5) is 0. The summed E-state index contributed by atoms with van der Waals surface area (Å²) in [6.45, 7) is 0.442. The van der Waals surface area contributed by atoms with Gasteiger partial charge in [-0.05, 0) is 39.2 Å². The van der Waals surface area contributed by atoms with Crippen LogP contribution in [0.2, 0.25) is 0 Å². The maximum atomic E-state index is 5.86. The molecular weight excluding hydrogens is 360 g/mol. The van der Waals surface area contributed by atoms with E-state index in [9.17, 15) is 0 Å². The topological polar surface area (TPSA) is 95.2 Å². The molecule has 7 heteroatoms. The molecule has 120 valence electrons. The van der Waals surface area contributed by atoms with Crippen LogP contribution in [0.1, 0.15) is 11.1 Å². The van der Waals surface area contributed by atoms with Crippen LogP contribution in [0.5, 0.6) is 11.5 Å². The number of ether oxygens (including phenoxy) is 2. The zero-order valence-corrected chi connectivity index (χ0v) is 14.2. The number of nitrogens with zero attached hydrogens (tertiary/aromatic N) is 2. The smallest absolute Gasteiger partial charge is 0.211 e. The van der Waals surface area contributed by atoms with Gasteiger partial charge in [-0.15, -0.1) is 5.10 Å². The molecule has 0 atom stereocenters. The average molecular weight is 377 g/mol. The lowest BCUT2D eigenvalue weighted by Crippen LogP contribution is -2.21. The van der Waals surface area contributed by atoms with Crippen LogP contribution in [0.4, 0.5) is 0 Å². The molecule has 0 bridgehead atoms. The van der Waals surface area contributed by atoms with E-state index in [0.717, 1.165) is 15.6 Å². The molecule has 0 heterocycles. The van der Waals surface area contributed by atoms with E-state index in [-0.39, 0.29) is 5.96 Å². The molecular formula is C16H17BrN4O2. The van der Waals surface area contributed by atoms with Crippen molar-refractivity contribution < 1.29 is 9.47 Å². The molecule has 0 radical (unpaired) electrons. The van der Waals surface area contributed by atoms with Crippen LogP contribution in [0.15, 0.2) is 57.1 Å². The summed E-state index contributed by atoms with van der Waals surface area (Å²) in [6, 6.07) is 13.5. The molecule has 0 aliphatic carbocycles. The van der Waals surface area contributed by atoms with Gasteiger partial charge >= 0.3 is 0 Å². The van der Waals surface area contributed by atoms with Crippen LogP contribution in [0, 0.1) is 0 Å². The Balaban J connectivity index is 2.20. The molecule has 0 amide bonds. The molecule has 0 aliphatic heterocycles. The van der Waals surface area contributed by atoms with Crippen molar-refractivity contribution in [1.29, 1.82) is 0 Å². The fourth-order valence-corrected chi connectivity index (χ4v) is 2.42. The molecule has 2 rings (SSSR count). The lowest BCUT2D eigenvalue weighted by Gasteiger charge is -2.13. The zero-order valence-electron chi connectivity index (χ0n) is 12.6. The summed E-state index contributed by atoms with van der Waals surface area (Å²) in [6.07, 6.45) is 1.52. The van der Waals surface area contributed by atoms with Gasteiger partial charge in [0, 0.05) is 0 Å². The van der Waals surface area contributed by atoms with Gasteiger partial charge in [0.15, 0.2) is 11.5 Å². The van der Waals surface area contributed by atoms with Crippen molar-refractivity contribution in [2.24, 2.45) is 21.7 Å². The molecule has 0 saturated carbocycles. The Hall–Kier alpha value is -2.54. The standard InChI is InChI=1S/C16H17BrN4O2/c1-22-14-8-12(9-20-21-16(18)19)7-13(17)15(14)23-10-11-5-3-2-4-6-11/h2-9H,10H2,1H3,(H4,18,19,21)/b20-9+. The van der Waals surface area contributed by atoms with E-state index in [0.29, 0.717) is 18.1 Å². The van der Waals surface area contributed by atoms with E-state index < -0.39 is 0 Å². The van der Waals surface area contributed by atoms with Gasteiger partial charge in [0.2, 0.25) is 5.96 Å². The molecule has 2 aromatic carbocycles. The highest BCUT2D eigenvalue weighted by Crippen LogP contribution is 2.36. The number of nitrogens with two attached hydrogens (primary N) is 2. The molecule has 6 nitrogen and oxygen atoms in total. The highest BCUT2D eigenvalue weighted by molar-refractivity contribution is 9.10. The SMILES string of the molecule is COc1cc(/C=N/N=C(N)N)cc(Br)c1OCc1ccccc1. The van der Waals surface area contributed by atoms with Gasteiger partial charge in [0.25, 0.3) is 0 Å². The first kappa shape index (κ1) is 16.8. The number of rotatable bonds is 6. The Bertz CT molecular complexity index is 714. The fourth-order valence-electron chi connectivity index (χ4n) is 1.85. The van der Waals surface area contributed by atoms with Gasteiger partial charge in [0.1, 0.15) is 6.61 Å². The number of halogens is 1. The van der Waals surface area contributed by atoms with Gasteiger partial charge in [-0.25, -0.2) is 0 Å². The van der Waals surface area contributed by atoms with Crippen molar-refractivity contribution in [1.82, 2.24) is 0 Å². The maximum Gasteiger partial charge on any atom is 0.211 e. The lowest BCUT2D eigenvalue weighted by molar-refractivity contribution is 0.282. The van der Waals surface area contributed by atoms with Crippen molar-refractivity contribution >= 4 is 28.1 Å². The van der Waals surface area contributed by atoms with Crippen LogP contribution in [0.25, 0.3) is 0 Å². The highest BCUT2D eigenvalue weighted by Gasteiger charge is 2.11. The number of hydrogen-bond donors (Lipinski definition) is 2. The van der Waals surface area contributed by atoms with E-state index in [4.69, 9.17) is 20.9 Å². The Morgan fingerprint density at radius 2 is 1.96 bits per heavy atom. The summed E-state index contributed by atoms with van der Waals surface area (Å²) in [5.41, 5.74) is 12.3. The molecule has 0 saturated heterocycles. The highest BCUT2D eigenvalue weighted by atomic mass is 79.9. The monoisotopic (exact) mass is 376 g/mol. The van der Waals surface area contributed by atoms with Gasteiger partial charge in [-0.2, -0.15) is 5.10 Å². The first-order chi connectivity index (χ1) is 11.1. The van der Waals surface area contributed by atoms with Crippen molar-refractivity contribution in [3.63, 3.8) is 0 Å². The molecule has 2 aromatic rings. The van der Waals surface area contributed by atoms with E-state index in [1.165, 1.54) is 6.21 Å². The van der Waals surface area contributed by atoms with Gasteiger partial charge in [0.05, 0.1) is 17.8 Å². The summed E-state index contributed by atoms with van der Waals surface area (Å²) in [5, 5.41) is 7.33. The molecule has 0 fully saturated rings. The Morgan fingerprint density at radius 3 is 2.61 bits per heavy atom.